The molecule has 0 spiro atoms. The summed E-state index contributed by atoms with van der Waals surface area (Å²) in [5.41, 5.74) is 1.16. The monoisotopic (exact) mass is 374 g/mol. The van der Waals surface area contributed by atoms with Gasteiger partial charge in [-0.15, -0.1) is 0 Å². The molecular formula is C14H13BrCl2N2O. The third-order valence-electron chi connectivity index (χ3n) is 2.74. The second kappa shape index (κ2) is 6.66. The topological polar surface area (TPSA) is 34.0 Å². The summed E-state index contributed by atoms with van der Waals surface area (Å²) in [6, 6.07) is 6.89. The van der Waals surface area contributed by atoms with Crippen LogP contribution in [0.2, 0.25) is 10.0 Å². The lowest BCUT2D eigenvalue weighted by molar-refractivity contribution is 0.101. The van der Waals surface area contributed by atoms with Gasteiger partial charge in [0.15, 0.2) is 0 Å². The number of rotatable bonds is 4. The van der Waals surface area contributed by atoms with Gasteiger partial charge in [-0.05, 0) is 46.6 Å². The lowest BCUT2D eigenvalue weighted by Crippen LogP contribution is -2.17. The molecule has 1 heterocycles. The Balaban J connectivity index is 2.26. The van der Waals surface area contributed by atoms with Crippen LogP contribution in [0.1, 0.15) is 23.8 Å². The summed E-state index contributed by atoms with van der Waals surface area (Å²) >= 11 is 15.3. The highest BCUT2D eigenvalue weighted by Crippen LogP contribution is 2.26. The van der Waals surface area contributed by atoms with Crippen molar-refractivity contribution >= 4 is 50.7 Å². The first-order valence-corrected chi connectivity index (χ1v) is 7.68. The second-order valence-corrected chi connectivity index (χ2v) is 6.04. The Morgan fingerprint density at radius 2 is 2.05 bits per heavy atom. The zero-order chi connectivity index (χ0) is 14.7. The number of aromatic nitrogens is 1. The van der Waals surface area contributed by atoms with Crippen LogP contribution in [0.25, 0.3) is 0 Å². The van der Waals surface area contributed by atoms with Crippen LogP contribution < -0.4 is 5.32 Å². The van der Waals surface area contributed by atoms with Crippen LogP contribution in [0.4, 0.5) is 5.69 Å². The van der Waals surface area contributed by atoms with E-state index >= 15 is 0 Å². The van der Waals surface area contributed by atoms with Crippen molar-refractivity contribution in [3.05, 3.63) is 50.7 Å². The number of nitrogens with zero attached hydrogens (tertiary/aromatic N) is 1. The fourth-order valence-electron chi connectivity index (χ4n) is 1.87. The van der Waals surface area contributed by atoms with E-state index in [4.69, 9.17) is 23.2 Å². The van der Waals surface area contributed by atoms with Gasteiger partial charge in [0.1, 0.15) is 5.69 Å². The molecule has 0 bridgehead atoms. The Labute approximate surface area is 136 Å². The van der Waals surface area contributed by atoms with Crippen LogP contribution in [0.5, 0.6) is 0 Å². The molecule has 2 aromatic rings. The van der Waals surface area contributed by atoms with E-state index in [-0.39, 0.29) is 5.91 Å². The lowest BCUT2D eigenvalue weighted by atomic mass is 10.3. The van der Waals surface area contributed by atoms with E-state index in [0.717, 1.165) is 17.4 Å². The van der Waals surface area contributed by atoms with Crippen LogP contribution in [0.15, 0.2) is 34.9 Å². The summed E-state index contributed by atoms with van der Waals surface area (Å²) in [5, 5.41) is 3.94. The molecule has 3 nitrogen and oxygen atoms in total. The molecule has 0 saturated carbocycles. The van der Waals surface area contributed by atoms with Crippen LogP contribution in [-0.2, 0) is 6.54 Å². The SMILES string of the molecule is CCCn1cc(Cl)cc1C(=O)Nc1cc(Cl)ccc1Br. The van der Waals surface area contributed by atoms with Gasteiger partial charge in [-0.1, -0.05) is 30.1 Å². The van der Waals surface area contributed by atoms with Gasteiger partial charge >= 0.3 is 0 Å². The van der Waals surface area contributed by atoms with Gasteiger partial charge in [0, 0.05) is 22.2 Å². The number of benzene rings is 1. The van der Waals surface area contributed by atoms with Gasteiger partial charge in [-0.3, -0.25) is 4.79 Å². The number of hydrogen-bond acceptors (Lipinski definition) is 1. The van der Waals surface area contributed by atoms with Crippen LogP contribution in [0.3, 0.4) is 0 Å². The molecule has 0 aliphatic heterocycles. The summed E-state index contributed by atoms with van der Waals surface area (Å²) in [4.78, 5) is 12.3. The predicted octanol–water partition coefficient (Wildman–Crippen LogP) is 5.22. The Hall–Kier alpha value is -0.970. The summed E-state index contributed by atoms with van der Waals surface area (Å²) in [5.74, 6) is -0.215. The van der Waals surface area contributed by atoms with Crippen LogP contribution in [-0.4, -0.2) is 10.5 Å². The first-order chi connectivity index (χ1) is 9.51. The molecular weight excluding hydrogens is 363 g/mol. The van der Waals surface area contributed by atoms with Gasteiger partial charge < -0.3 is 9.88 Å². The van der Waals surface area contributed by atoms with E-state index in [0.29, 0.717) is 21.4 Å². The lowest BCUT2D eigenvalue weighted by Gasteiger charge is -2.10. The van der Waals surface area contributed by atoms with Crippen molar-refractivity contribution in [1.29, 1.82) is 0 Å². The standard InChI is InChI=1S/C14H13BrCl2N2O/c1-2-5-19-8-10(17)7-13(19)14(20)18-12-6-9(16)3-4-11(12)15/h3-4,6-8H,2,5H2,1H3,(H,18,20). The van der Waals surface area contributed by atoms with E-state index < -0.39 is 0 Å². The quantitative estimate of drug-likeness (QED) is 0.780. The number of anilines is 1. The number of hydrogen-bond donors (Lipinski definition) is 1. The average Bonchev–Trinajstić information content (AvgIpc) is 2.75. The van der Waals surface area contributed by atoms with Gasteiger partial charge in [-0.2, -0.15) is 0 Å². The number of carbonyl (C=O) groups is 1. The molecule has 0 aliphatic carbocycles. The summed E-state index contributed by atoms with van der Waals surface area (Å²) < 4.78 is 2.62. The van der Waals surface area contributed by atoms with Gasteiger partial charge in [-0.25, -0.2) is 0 Å². The number of halogens is 3. The highest BCUT2D eigenvalue weighted by atomic mass is 79.9. The van der Waals surface area contributed by atoms with Crippen molar-refractivity contribution in [2.75, 3.05) is 5.32 Å². The first kappa shape index (κ1) is 15.4. The van der Waals surface area contributed by atoms with E-state index in [1.165, 1.54) is 0 Å². The molecule has 1 N–H and O–H groups in total. The Morgan fingerprint density at radius 1 is 1.30 bits per heavy atom. The third-order valence-corrected chi connectivity index (χ3v) is 3.87. The minimum atomic E-state index is -0.215. The molecule has 0 fully saturated rings. The largest absolute Gasteiger partial charge is 0.342 e. The van der Waals surface area contributed by atoms with E-state index in [2.05, 4.69) is 21.2 Å². The van der Waals surface area contributed by atoms with Crippen molar-refractivity contribution in [1.82, 2.24) is 4.57 Å². The van der Waals surface area contributed by atoms with Crippen molar-refractivity contribution in [2.24, 2.45) is 0 Å². The molecule has 6 heteroatoms. The van der Waals surface area contributed by atoms with Crippen molar-refractivity contribution in [2.45, 2.75) is 19.9 Å². The maximum Gasteiger partial charge on any atom is 0.272 e. The minimum Gasteiger partial charge on any atom is -0.342 e. The normalized spacial score (nSPS) is 10.6. The number of carbonyl (C=O) groups excluding carboxylic acids is 1. The highest BCUT2D eigenvalue weighted by molar-refractivity contribution is 9.10. The molecule has 0 radical (unpaired) electrons. The predicted molar refractivity (Wildman–Crippen MR) is 86.8 cm³/mol. The molecule has 1 aromatic heterocycles. The Kier molecular flexibility index (Phi) is 5.13. The smallest absolute Gasteiger partial charge is 0.272 e. The highest BCUT2D eigenvalue weighted by Gasteiger charge is 2.14. The first-order valence-electron chi connectivity index (χ1n) is 6.13. The van der Waals surface area contributed by atoms with Crippen molar-refractivity contribution < 1.29 is 4.79 Å². The molecule has 0 saturated heterocycles. The summed E-state index contributed by atoms with van der Waals surface area (Å²) in [6.07, 6.45) is 2.68. The molecule has 20 heavy (non-hydrogen) atoms. The molecule has 2 rings (SSSR count). The summed E-state index contributed by atoms with van der Waals surface area (Å²) in [6.45, 7) is 2.79. The zero-order valence-corrected chi connectivity index (χ0v) is 13.9. The van der Waals surface area contributed by atoms with Crippen LogP contribution >= 0.6 is 39.1 Å². The number of nitrogens with one attached hydrogen (secondary N) is 1. The number of aryl methyl sites for hydroxylation is 1. The molecule has 0 atom stereocenters. The molecule has 1 aromatic carbocycles. The second-order valence-electron chi connectivity index (χ2n) is 4.32. The average molecular weight is 376 g/mol. The van der Waals surface area contributed by atoms with Gasteiger partial charge in [0.2, 0.25) is 0 Å². The Morgan fingerprint density at radius 3 is 2.75 bits per heavy atom. The van der Waals surface area contributed by atoms with E-state index in [9.17, 15) is 4.79 Å². The molecule has 0 aliphatic rings. The zero-order valence-electron chi connectivity index (χ0n) is 10.8. The van der Waals surface area contributed by atoms with Crippen molar-refractivity contribution in [3.8, 4) is 0 Å². The van der Waals surface area contributed by atoms with Crippen molar-refractivity contribution in [3.63, 3.8) is 0 Å². The van der Waals surface area contributed by atoms with Gasteiger partial charge in [0.05, 0.1) is 10.7 Å². The molecule has 106 valence electrons. The summed E-state index contributed by atoms with van der Waals surface area (Å²) in [7, 11) is 0. The Bertz CT molecular complexity index is 640. The van der Waals surface area contributed by atoms with Crippen LogP contribution in [0, 0.1) is 0 Å². The van der Waals surface area contributed by atoms with E-state index in [1.54, 1.807) is 30.5 Å². The third kappa shape index (κ3) is 3.57. The molecule has 1 amide bonds. The maximum absolute atomic E-state index is 12.3. The number of amides is 1. The fraction of sp³-hybridized carbons (Fsp3) is 0.214. The van der Waals surface area contributed by atoms with E-state index in [1.807, 2.05) is 11.5 Å². The van der Waals surface area contributed by atoms with Gasteiger partial charge in [0.25, 0.3) is 5.91 Å². The fourth-order valence-corrected chi connectivity index (χ4v) is 2.61. The maximum atomic E-state index is 12.3. The molecule has 0 unspecified atom stereocenters. The minimum absolute atomic E-state index is 0.215.